The predicted octanol–water partition coefficient (Wildman–Crippen LogP) is 1.42. The van der Waals surface area contributed by atoms with E-state index in [4.69, 9.17) is 9.47 Å². The molecule has 0 spiro atoms. The molecule has 23 heavy (non-hydrogen) atoms. The fourth-order valence-electron chi connectivity index (χ4n) is 1.59. The van der Waals surface area contributed by atoms with Gasteiger partial charge in [-0.1, -0.05) is 0 Å². The van der Waals surface area contributed by atoms with Gasteiger partial charge in [-0.2, -0.15) is 8.42 Å². The van der Waals surface area contributed by atoms with E-state index in [-0.39, 0.29) is 30.0 Å². The van der Waals surface area contributed by atoms with Crippen molar-refractivity contribution in [2.45, 2.75) is 44.8 Å². The van der Waals surface area contributed by atoms with Crippen LogP contribution in [0.15, 0.2) is 23.1 Å². The van der Waals surface area contributed by atoms with Crippen molar-refractivity contribution in [3.63, 3.8) is 0 Å². The third-order valence-electron chi connectivity index (χ3n) is 2.40. The first kappa shape index (κ1) is 21.7. The molecule has 0 fully saturated rings. The molecule has 1 aromatic rings. The first-order valence-corrected chi connectivity index (χ1v) is 8.00. The molecule has 0 aromatic heterocycles. The SMILES string of the molecule is CC(C)OC(=O)c1ccc(C(=O)OC(C)C)c(S(=O)(=O)O)c1.[LiH]. The van der Waals surface area contributed by atoms with E-state index in [1.165, 1.54) is 6.07 Å². The van der Waals surface area contributed by atoms with Crippen LogP contribution in [0.3, 0.4) is 0 Å². The van der Waals surface area contributed by atoms with Crippen molar-refractivity contribution in [1.82, 2.24) is 0 Å². The number of benzene rings is 1. The van der Waals surface area contributed by atoms with Gasteiger partial charge in [0.25, 0.3) is 10.1 Å². The summed E-state index contributed by atoms with van der Waals surface area (Å²) in [6, 6.07) is 3.22. The maximum atomic E-state index is 11.9. The van der Waals surface area contributed by atoms with Gasteiger partial charge in [0.2, 0.25) is 0 Å². The second kappa shape index (κ2) is 8.50. The van der Waals surface area contributed by atoms with Gasteiger partial charge in [-0.3, -0.25) is 4.55 Å². The third-order valence-corrected chi connectivity index (χ3v) is 3.29. The number of carbonyl (C=O) groups excluding carboxylic acids is 2. The second-order valence-corrected chi connectivity index (χ2v) is 6.48. The van der Waals surface area contributed by atoms with Crippen molar-refractivity contribution < 1.29 is 32.0 Å². The molecule has 1 N–H and O–H groups in total. The Morgan fingerprint density at radius 2 is 1.48 bits per heavy atom. The minimum absolute atomic E-state index is 0. The zero-order chi connectivity index (χ0) is 17.1. The Kier molecular flexibility index (Phi) is 8.01. The van der Waals surface area contributed by atoms with Gasteiger partial charge in [-0.15, -0.1) is 0 Å². The molecule has 0 heterocycles. The molecule has 0 atom stereocenters. The number of hydrogen-bond acceptors (Lipinski definition) is 6. The van der Waals surface area contributed by atoms with Crippen molar-refractivity contribution in [2.24, 2.45) is 0 Å². The van der Waals surface area contributed by atoms with Crippen molar-refractivity contribution in [1.29, 1.82) is 0 Å². The van der Waals surface area contributed by atoms with E-state index >= 15 is 0 Å². The molecular formula is C14H19LiO7S. The molecule has 0 aliphatic rings. The third kappa shape index (κ3) is 6.35. The summed E-state index contributed by atoms with van der Waals surface area (Å²) in [5.74, 6) is -1.67. The summed E-state index contributed by atoms with van der Waals surface area (Å²) in [5, 5.41) is 0. The van der Waals surface area contributed by atoms with Crippen LogP contribution in [0.1, 0.15) is 48.4 Å². The second-order valence-electron chi connectivity index (χ2n) is 5.09. The van der Waals surface area contributed by atoms with Crippen LogP contribution in [0.5, 0.6) is 0 Å². The van der Waals surface area contributed by atoms with Crippen LogP contribution >= 0.6 is 0 Å². The van der Waals surface area contributed by atoms with Crippen LogP contribution < -0.4 is 0 Å². The molecule has 0 bridgehead atoms. The quantitative estimate of drug-likeness (QED) is 0.491. The number of ether oxygens (including phenoxy) is 2. The van der Waals surface area contributed by atoms with Gasteiger partial charge in [0, 0.05) is 0 Å². The Balaban J connectivity index is 0.00000484. The zero-order valence-corrected chi connectivity index (χ0v) is 13.5. The van der Waals surface area contributed by atoms with Gasteiger partial charge in [-0.25, -0.2) is 9.59 Å². The van der Waals surface area contributed by atoms with Crippen LogP contribution in [0.2, 0.25) is 0 Å². The normalized spacial score (nSPS) is 11.1. The molecule has 124 valence electrons. The zero-order valence-electron chi connectivity index (χ0n) is 12.7. The topological polar surface area (TPSA) is 107 Å². The van der Waals surface area contributed by atoms with Crippen LogP contribution in [0.4, 0.5) is 0 Å². The van der Waals surface area contributed by atoms with Crippen LogP contribution in [0.25, 0.3) is 0 Å². The molecule has 1 rings (SSSR count). The average molecular weight is 338 g/mol. The van der Waals surface area contributed by atoms with Crippen molar-refractivity contribution in [3.8, 4) is 0 Å². The number of esters is 2. The Labute approximate surface area is 147 Å². The number of rotatable bonds is 5. The molecule has 0 aliphatic carbocycles. The van der Waals surface area contributed by atoms with Crippen molar-refractivity contribution >= 4 is 40.9 Å². The Bertz CT molecular complexity index is 680. The van der Waals surface area contributed by atoms with Gasteiger partial charge < -0.3 is 9.47 Å². The van der Waals surface area contributed by atoms with Gasteiger partial charge in [-0.05, 0) is 45.9 Å². The molecule has 0 saturated carbocycles. The molecule has 7 nitrogen and oxygen atoms in total. The first-order valence-electron chi connectivity index (χ1n) is 6.56. The average Bonchev–Trinajstić information content (AvgIpc) is 2.35. The number of carbonyl (C=O) groups is 2. The summed E-state index contributed by atoms with van der Waals surface area (Å²) < 4.78 is 42.0. The summed E-state index contributed by atoms with van der Waals surface area (Å²) in [6.07, 6.45) is -0.861. The van der Waals surface area contributed by atoms with Crippen molar-refractivity contribution in [2.75, 3.05) is 0 Å². The molecule has 0 radical (unpaired) electrons. The molecule has 9 heteroatoms. The fourth-order valence-corrected chi connectivity index (χ4v) is 2.30. The molecule has 0 unspecified atom stereocenters. The van der Waals surface area contributed by atoms with E-state index in [2.05, 4.69) is 0 Å². The van der Waals surface area contributed by atoms with E-state index in [1.807, 2.05) is 0 Å². The monoisotopic (exact) mass is 338 g/mol. The van der Waals surface area contributed by atoms with Gasteiger partial charge >= 0.3 is 30.8 Å². The van der Waals surface area contributed by atoms with E-state index in [0.29, 0.717) is 0 Å². The molecule has 0 amide bonds. The molecular weight excluding hydrogens is 319 g/mol. The molecule has 0 aliphatic heterocycles. The van der Waals surface area contributed by atoms with E-state index in [9.17, 15) is 22.6 Å². The van der Waals surface area contributed by atoms with Crippen molar-refractivity contribution in [3.05, 3.63) is 29.3 Å². The van der Waals surface area contributed by atoms with Gasteiger partial charge in [0.05, 0.1) is 23.3 Å². The van der Waals surface area contributed by atoms with Crippen LogP contribution in [0, 0.1) is 0 Å². The van der Waals surface area contributed by atoms with E-state index in [0.717, 1.165) is 12.1 Å². The fraction of sp³-hybridized carbons (Fsp3) is 0.429. The maximum absolute atomic E-state index is 11.9. The first-order chi connectivity index (χ1) is 10.0. The Hall–Kier alpha value is -1.33. The van der Waals surface area contributed by atoms with E-state index < -0.39 is 39.2 Å². The Morgan fingerprint density at radius 3 is 1.91 bits per heavy atom. The Morgan fingerprint density at radius 1 is 1.00 bits per heavy atom. The summed E-state index contributed by atoms with van der Waals surface area (Å²) in [4.78, 5) is 22.9. The standard InChI is InChI=1S/C14H18O7S.Li.H/c1-8(2)20-13(15)10-5-6-11(14(16)21-9(3)4)12(7-10)22(17,18)19;;/h5-9H,1-4H3,(H,17,18,19);;. The van der Waals surface area contributed by atoms with Crippen LogP contribution in [-0.4, -0.2) is 56.0 Å². The van der Waals surface area contributed by atoms with Gasteiger partial charge in [0.15, 0.2) is 0 Å². The number of hydrogen-bond donors (Lipinski definition) is 1. The molecule has 0 saturated heterocycles. The molecule has 1 aromatic carbocycles. The summed E-state index contributed by atoms with van der Waals surface area (Å²) >= 11 is 0. The summed E-state index contributed by atoms with van der Waals surface area (Å²) in [6.45, 7) is 6.46. The van der Waals surface area contributed by atoms with Gasteiger partial charge in [0.1, 0.15) is 4.90 Å². The van der Waals surface area contributed by atoms with E-state index in [1.54, 1.807) is 27.7 Å². The summed E-state index contributed by atoms with van der Waals surface area (Å²) in [5.41, 5.74) is -0.445. The minimum atomic E-state index is -4.71. The summed E-state index contributed by atoms with van der Waals surface area (Å²) in [7, 11) is -4.71. The predicted molar refractivity (Wildman–Crippen MR) is 84.5 cm³/mol. The van der Waals surface area contributed by atoms with Crippen LogP contribution in [-0.2, 0) is 19.6 Å².